The predicted molar refractivity (Wildman–Crippen MR) is 114 cm³/mol. The van der Waals surface area contributed by atoms with Crippen molar-refractivity contribution >= 4 is 11.8 Å². The normalized spacial score (nSPS) is 23.2. The molecule has 0 fully saturated rings. The van der Waals surface area contributed by atoms with E-state index < -0.39 is 5.60 Å². The molecule has 0 bridgehead atoms. The van der Waals surface area contributed by atoms with Crippen molar-refractivity contribution in [2.45, 2.75) is 37.8 Å². The van der Waals surface area contributed by atoms with Gasteiger partial charge in [0.2, 0.25) is 0 Å². The van der Waals surface area contributed by atoms with Crippen LogP contribution in [0.2, 0.25) is 0 Å². The summed E-state index contributed by atoms with van der Waals surface area (Å²) in [6.45, 7) is 2.36. The molecule has 1 aliphatic carbocycles. The number of Topliss-reactive ketones (excluding diaryl/α,β-unsaturated/α-hetero) is 1. The predicted octanol–water partition coefficient (Wildman–Crippen LogP) is 4.19. The van der Waals surface area contributed by atoms with Crippen LogP contribution in [0.4, 0.5) is 4.79 Å². The lowest BCUT2D eigenvalue weighted by Crippen LogP contribution is -2.45. The van der Waals surface area contributed by atoms with Gasteiger partial charge in [-0.3, -0.25) is 4.79 Å². The van der Waals surface area contributed by atoms with Gasteiger partial charge in [0.25, 0.3) is 0 Å². The van der Waals surface area contributed by atoms with Crippen molar-refractivity contribution in [1.82, 2.24) is 10.2 Å². The Labute approximate surface area is 176 Å². The van der Waals surface area contributed by atoms with Crippen LogP contribution in [0.5, 0.6) is 0 Å². The molecule has 2 amide bonds. The third kappa shape index (κ3) is 3.23. The second kappa shape index (κ2) is 7.73. The lowest BCUT2D eigenvalue weighted by atomic mass is 9.79. The van der Waals surface area contributed by atoms with Gasteiger partial charge >= 0.3 is 6.03 Å². The first-order chi connectivity index (χ1) is 14.7. The van der Waals surface area contributed by atoms with Crippen LogP contribution in [-0.2, 0) is 16.9 Å². The van der Waals surface area contributed by atoms with E-state index in [-0.39, 0.29) is 11.8 Å². The molecule has 5 heteroatoms. The van der Waals surface area contributed by atoms with Crippen LogP contribution in [0.3, 0.4) is 0 Å². The van der Waals surface area contributed by atoms with E-state index in [4.69, 9.17) is 4.74 Å². The van der Waals surface area contributed by atoms with E-state index in [0.29, 0.717) is 32.7 Å². The Morgan fingerprint density at radius 1 is 1.07 bits per heavy atom. The number of hydrogen-bond acceptors (Lipinski definition) is 3. The molecule has 0 unspecified atom stereocenters. The fourth-order valence-corrected chi connectivity index (χ4v) is 5.04. The van der Waals surface area contributed by atoms with Crippen molar-refractivity contribution < 1.29 is 14.3 Å². The fraction of sp³-hybridized carbons (Fsp3) is 0.360. The van der Waals surface area contributed by atoms with Crippen molar-refractivity contribution in [3.63, 3.8) is 0 Å². The summed E-state index contributed by atoms with van der Waals surface area (Å²) < 4.78 is 6.46. The van der Waals surface area contributed by atoms with Crippen molar-refractivity contribution in [2.24, 2.45) is 0 Å². The molecule has 1 spiro atoms. The number of urea groups is 1. The average Bonchev–Trinajstić information content (AvgIpc) is 3.09. The molecule has 154 valence electrons. The monoisotopic (exact) mass is 402 g/mol. The van der Waals surface area contributed by atoms with E-state index in [0.717, 1.165) is 36.0 Å². The maximum Gasteiger partial charge on any atom is 0.317 e. The number of carbonyl (C=O) groups excluding carboxylic acids is 2. The standard InChI is InChI=1S/C25H26N2O3/c28-23-11-6-13-25(21-10-5-4-9-20(21)23)22-16-27(14-12-19(22)17-30-25)24(29)26-15-18-7-2-1-3-8-18/h1-5,7-10H,6,11-17H2,(H,26,29)/t25-/m1/s1. The van der Waals surface area contributed by atoms with Crippen LogP contribution in [0, 0.1) is 0 Å². The molecule has 0 saturated heterocycles. The molecule has 2 aromatic rings. The number of nitrogens with one attached hydrogen (secondary N) is 1. The number of fused-ring (bicyclic) bond motifs is 3. The molecule has 0 aromatic heterocycles. The maximum absolute atomic E-state index is 12.9. The minimum absolute atomic E-state index is 0.0505. The zero-order valence-electron chi connectivity index (χ0n) is 17.0. The van der Waals surface area contributed by atoms with Gasteiger partial charge in [-0.2, -0.15) is 0 Å². The Bertz CT molecular complexity index is 1010. The molecule has 2 aromatic carbocycles. The summed E-state index contributed by atoms with van der Waals surface area (Å²) in [7, 11) is 0. The lowest BCUT2D eigenvalue weighted by Gasteiger charge is -2.37. The van der Waals surface area contributed by atoms with Crippen LogP contribution < -0.4 is 5.32 Å². The number of amides is 2. The average molecular weight is 402 g/mol. The molecule has 1 atom stereocenters. The topological polar surface area (TPSA) is 58.6 Å². The first-order valence-corrected chi connectivity index (χ1v) is 10.7. The maximum atomic E-state index is 12.9. The molecular formula is C25H26N2O3. The molecule has 30 heavy (non-hydrogen) atoms. The van der Waals surface area contributed by atoms with E-state index in [1.807, 2.05) is 59.5 Å². The third-order valence-corrected chi connectivity index (χ3v) is 6.61. The Balaban J connectivity index is 1.39. The molecule has 0 saturated carbocycles. The van der Waals surface area contributed by atoms with Gasteiger partial charge in [0.1, 0.15) is 5.60 Å². The Kier molecular flexibility index (Phi) is 4.91. The van der Waals surface area contributed by atoms with Crippen LogP contribution in [-0.4, -0.2) is 36.4 Å². The molecule has 2 heterocycles. The van der Waals surface area contributed by atoms with Crippen LogP contribution in [0.1, 0.15) is 47.2 Å². The highest BCUT2D eigenvalue weighted by Gasteiger charge is 2.48. The smallest absolute Gasteiger partial charge is 0.317 e. The van der Waals surface area contributed by atoms with E-state index in [2.05, 4.69) is 5.32 Å². The number of nitrogens with zero attached hydrogens (tertiary/aromatic N) is 1. The summed E-state index contributed by atoms with van der Waals surface area (Å²) in [4.78, 5) is 27.4. The molecule has 5 nitrogen and oxygen atoms in total. The zero-order chi connectivity index (χ0) is 20.6. The van der Waals surface area contributed by atoms with Gasteiger partial charge in [0.15, 0.2) is 5.78 Å². The summed E-state index contributed by atoms with van der Waals surface area (Å²) in [6.07, 6.45) is 2.95. The highest BCUT2D eigenvalue weighted by Crippen LogP contribution is 2.49. The van der Waals surface area contributed by atoms with Crippen LogP contribution in [0.25, 0.3) is 0 Å². The van der Waals surface area contributed by atoms with Gasteiger partial charge in [0.05, 0.1) is 6.61 Å². The van der Waals surface area contributed by atoms with Crippen LogP contribution in [0.15, 0.2) is 65.7 Å². The van der Waals surface area contributed by atoms with E-state index >= 15 is 0 Å². The number of ether oxygens (including phenoxy) is 1. The molecular weight excluding hydrogens is 376 g/mol. The number of hydrogen-bond donors (Lipinski definition) is 1. The zero-order valence-corrected chi connectivity index (χ0v) is 17.0. The van der Waals surface area contributed by atoms with Crippen molar-refractivity contribution in [1.29, 1.82) is 0 Å². The van der Waals surface area contributed by atoms with Gasteiger partial charge in [0, 0.05) is 31.6 Å². The van der Waals surface area contributed by atoms with Crippen molar-refractivity contribution in [2.75, 3.05) is 19.7 Å². The van der Waals surface area contributed by atoms with Gasteiger partial charge in [-0.05, 0) is 41.5 Å². The second-order valence-electron chi connectivity index (χ2n) is 8.34. The number of rotatable bonds is 2. The minimum Gasteiger partial charge on any atom is -0.361 e. The van der Waals surface area contributed by atoms with Crippen molar-refractivity contribution in [3.05, 3.63) is 82.4 Å². The van der Waals surface area contributed by atoms with E-state index in [1.165, 1.54) is 11.1 Å². The largest absolute Gasteiger partial charge is 0.361 e. The van der Waals surface area contributed by atoms with E-state index in [9.17, 15) is 9.59 Å². The van der Waals surface area contributed by atoms with Gasteiger partial charge < -0.3 is 15.0 Å². The summed E-state index contributed by atoms with van der Waals surface area (Å²) in [5.74, 6) is 0.188. The fourth-order valence-electron chi connectivity index (χ4n) is 5.04. The quantitative estimate of drug-likeness (QED) is 0.767. The molecule has 3 aliphatic rings. The highest BCUT2D eigenvalue weighted by atomic mass is 16.5. The summed E-state index contributed by atoms with van der Waals surface area (Å²) in [5, 5.41) is 3.05. The molecule has 2 aliphatic heterocycles. The molecule has 5 rings (SSSR count). The first kappa shape index (κ1) is 19.1. The number of benzene rings is 2. The van der Waals surface area contributed by atoms with Crippen molar-refractivity contribution in [3.8, 4) is 0 Å². The Morgan fingerprint density at radius 2 is 1.87 bits per heavy atom. The third-order valence-electron chi connectivity index (χ3n) is 6.61. The summed E-state index contributed by atoms with van der Waals surface area (Å²) >= 11 is 0. The van der Waals surface area contributed by atoms with E-state index in [1.54, 1.807) is 0 Å². The molecule has 0 radical (unpaired) electrons. The summed E-state index contributed by atoms with van der Waals surface area (Å²) in [6, 6.07) is 17.7. The second-order valence-corrected chi connectivity index (χ2v) is 8.34. The Hall–Kier alpha value is -2.92. The van der Waals surface area contributed by atoms with Crippen LogP contribution >= 0.6 is 0 Å². The lowest BCUT2D eigenvalue weighted by molar-refractivity contribution is 0.00407. The number of ketones is 1. The number of carbonyl (C=O) groups is 2. The summed E-state index contributed by atoms with van der Waals surface area (Å²) in [5.41, 5.74) is 4.74. The minimum atomic E-state index is -0.573. The highest BCUT2D eigenvalue weighted by molar-refractivity contribution is 5.98. The SMILES string of the molecule is O=C1CCC[C@@]2(OCC3=C2CN(C(=O)NCc2ccccc2)CC3)c2ccccc21. The first-order valence-electron chi connectivity index (χ1n) is 10.7. The van der Waals surface area contributed by atoms with Gasteiger partial charge in [-0.25, -0.2) is 4.79 Å². The van der Waals surface area contributed by atoms with Gasteiger partial charge in [-0.1, -0.05) is 54.6 Å². The van der Waals surface area contributed by atoms with Gasteiger partial charge in [-0.15, -0.1) is 0 Å². The molecule has 1 N–H and O–H groups in total. The Morgan fingerprint density at radius 3 is 2.73 bits per heavy atom.